The van der Waals surface area contributed by atoms with E-state index in [1.54, 1.807) is 0 Å². The second kappa shape index (κ2) is 6.38. The van der Waals surface area contributed by atoms with Crippen molar-refractivity contribution in [2.24, 2.45) is 5.73 Å². The highest BCUT2D eigenvalue weighted by molar-refractivity contribution is 9.10. The fourth-order valence-corrected chi connectivity index (χ4v) is 2.46. The molecule has 0 aliphatic carbocycles. The molecule has 2 aromatic carbocycles. The van der Waals surface area contributed by atoms with Crippen LogP contribution in [0.25, 0.3) is 0 Å². The monoisotopic (exact) mass is 335 g/mol. The average molecular weight is 337 g/mol. The third kappa shape index (κ3) is 3.47. The maximum absolute atomic E-state index is 6.34. The molecule has 0 spiro atoms. The van der Waals surface area contributed by atoms with Crippen molar-refractivity contribution in [2.75, 3.05) is 0 Å². The van der Waals surface area contributed by atoms with E-state index in [-0.39, 0.29) is 12.0 Å². The first-order valence-electron chi connectivity index (χ1n) is 6.01. The molecule has 0 saturated heterocycles. The van der Waals surface area contributed by atoms with E-state index in [0.717, 1.165) is 20.6 Å². The van der Waals surface area contributed by atoms with Gasteiger partial charge in [0.25, 0.3) is 0 Å². The van der Waals surface area contributed by atoms with Crippen molar-refractivity contribution in [3.8, 4) is 0 Å². The van der Waals surface area contributed by atoms with E-state index >= 15 is 0 Å². The van der Waals surface area contributed by atoms with Crippen LogP contribution in [0.3, 0.4) is 0 Å². The summed E-state index contributed by atoms with van der Waals surface area (Å²) in [5.41, 5.74) is 8.55. The van der Waals surface area contributed by atoms with Gasteiger partial charge in [0.05, 0.1) is 0 Å². The Hall–Kier alpha value is -1.09. The number of halogens is 2. The Kier molecular flexibility index (Phi) is 4.81. The van der Waals surface area contributed by atoms with Gasteiger partial charge in [-0.3, -0.25) is 0 Å². The highest BCUT2D eigenvalue weighted by Crippen LogP contribution is 2.31. The maximum atomic E-state index is 6.34. The summed E-state index contributed by atoms with van der Waals surface area (Å²) in [5, 5.41) is 0.717. The molecule has 0 amide bonds. The molecule has 0 radical (unpaired) electrons. The highest BCUT2D eigenvalue weighted by Gasteiger charge is 2.18. The Morgan fingerprint density at radius 1 is 1.00 bits per heavy atom. The first-order chi connectivity index (χ1) is 9.11. The third-order valence-electron chi connectivity index (χ3n) is 3.15. The first-order valence-corrected chi connectivity index (χ1v) is 7.18. The van der Waals surface area contributed by atoms with Crippen LogP contribution in [0.2, 0.25) is 5.02 Å². The van der Waals surface area contributed by atoms with Crippen molar-refractivity contribution < 1.29 is 0 Å². The first kappa shape index (κ1) is 14.3. The van der Waals surface area contributed by atoms with Crippen molar-refractivity contribution in [2.45, 2.75) is 12.0 Å². The predicted molar refractivity (Wildman–Crippen MR) is 85.5 cm³/mol. The quantitative estimate of drug-likeness (QED) is 0.775. The molecule has 98 valence electrons. The van der Waals surface area contributed by atoms with E-state index in [4.69, 9.17) is 17.3 Å². The molecule has 0 aliphatic rings. The molecule has 0 aromatic heterocycles. The van der Waals surface area contributed by atoms with Gasteiger partial charge in [-0.25, -0.2) is 0 Å². The van der Waals surface area contributed by atoms with Crippen molar-refractivity contribution in [3.63, 3.8) is 0 Å². The van der Waals surface area contributed by atoms with Gasteiger partial charge in [-0.2, -0.15) is 0 Å². The summed E-state index contributed by atoms with van der Waals surface area (Å²) in [4.78, 5) is 0. The summed E-state index contributed by atoms with van der Waals surface area (Å²) in [7, 11) is 0. The summed E-state index contributed by atoms with van der Waals surface area (Å²) in [6.07, 6.45) is 1.89. The smallest absolute Gasteiger partial charge is 0.0406 e. The molecule has 0 unspecified atom stereocenters. The molecule has 2 rings (SSSR count). The molecule has 2 N–H and O–H groups in total. The second-order valence-electron chi connectivity index (χ2n) is 4.39. The minimum Gasteiger partial charge on any atom is -0.323 e. The molecule has 2 aromatic rings. The van der Waals surface area contributed by atoms with Gasteiger partial charge in [-0.15, -0.1) is 6.58 Å². The third-order valence-corrected chi connectivity index (χ3v) is 3.93. The van der Waals surface area contributed by atoms with Crippen molar-refractivity contribution in [1.82, 2.24) is 0 Å². The number of benzene rings is 2. The van der Waals surface area contributed by atoms with Crippen LogP contribution in [0.15, 0.2) is 65.7 Å². The lowest BCUT2D eigenvalue weighted by Gasteiger charge is -2.21. The zero-order valence-corrected chi connectivity index (χ0v) is 12.7. The standard InChI is InChI=1S/C16H15BrClN/c1-2-15(11-3-7-13(17)8-4-11)16(19)12-5-9-14(18)10-6-12/h2-10,15-16H,1,19H2/t15-,16+/m0/s1. The van der Waals surface area contributed by atoms with Gasteiger partial charge in [-0.05, 0) is 35.4 Å². The summed E-state index contributed by atoms with van der Waals surface area (Å²) in [6.45, 7) is 3.91. The lowest BCUT2D eigenvalue weighted by atomic mass is 9.88. The fraction of sp³-hybridized carbons (Fsp3) is 0.125. The van der Waals surface area contributed by atoms with Crippen LogP contribution in [-0.2, 0) is 0 Å². The minimum absolute atomic E-state index is 0.0780. The van der Waals surface area contributed by atoms with Gasteiger partial charge >= 0.3 is 0 Å². The lowest BCUT2D eigenvalue weighted by molar-refractivity contribution is 0.647. The Bertz CT molecular complexity index is 548. The molecule has 1 nitrogen and oxygen atoms in total. The van der Waals surface area contributed by atoms with E-state index in [1.807, 2.05) is 42.5 Å². The van der Waals surface area contributed by atoms with Crippen LogP contribution < -0.4 is 5.73 Å². The number of rotatable bonds is 4. The van der Waals surface area contributed by atoms with Gasteiger partial charge < -0.3 is 5.73 Å². The molecule has 19 heavy (non-hydrogen) atoms. The molecule has 0 aliphatic heterocycles. The summed E-state index contributed by atoms with van der Waals surface area (Å²) in [5.74, 6) is 0.0780. The highest BCUT2D eigenvalue weighted by atomic mass is 79.9. The van der Waals surface area contributed by atoms with Crippen LogP contribution in [0.5, 0.6) is 0 Å². The summed E-state index contributed by atoms with van der Waals surface area (Å²) < 4.78 is 1.05. The van der Waals surface area contributed by atoms with Crippen molar-refractivity contribution >= 4 is 27.5 Å². The Labute approximate surface area is 127 Å². The predicted octanol–water partition coefficient (Wildman–Crippen LogP) is 5.07. The normalized spacial score (nSPS) is 13.8. The molecule has 3 heteroatoms. The summed E-state index contributed by atoms with van der Waals surface area (Å²) >= 11 is 9.33. The molecular formula is C16H15BrClN. The van der Waals surface area contributed by atoms with Crippen LogP contribution >= 0.6 is 27.5 Å². The van der Waals surface area contributed by atoms with Gasteiger partial charge in [0, 0.05) is 21.5 Å². The van der Waals surface area contributed by atoms with Gasteiger partial charge in [0.2, 0.25) is 0 Å². The van der Waals surface area contributed by atoms with E-state index in [0.29, 0.717) is 0 Å². The van der Waals surface area contributed by atoms with Gasteiger partial charge in [0.1, 0.15) is 0 Å². The van der Waals surface area contributed by atoms with Crippen LogP contribution in [0, 0.1) is 0 Å². The average Bonchev–Trinajstić information content (AvgIpc) is 2.42. The topological polar surface area (TPSA) is 26.0 Å². The zero-order chi connectivity index (χ0) is 13.8. The largest absolute Gasteiger partial charge is 0.323 e. The van der Waals surface area contributed by atoms with E-state index in [2.05, 4.69) is 34.6 Å². The Morgan fingerprint density at radius 3 is 2.05 bits per heavy atom. The molecule has 2 atom stereocenters. The number of nitrogens with two attached hydrogens (primary N) is 1. The number of hydrogen-bond donors (Lipinski definition) is 1. The van der Waals surface area contributed by atoms with Crippen LogP contribution in [0.4, 0.5) is 0 Å². The van der Waals surface area contributed by atoms with Crippen LogP contribution in [0.1, 0.15) is 23.1 Å². The minimum atomic E-state index is -0.129. The fourth-order valence-electron chi connectivity index (χ4n) is 2.07. The van der Waals surface area contributed by atoms with Gasteiger partial charge in [-0.1, -0.05) is 57.9 Å². The second-order valence-corrected chi connectivity index (χ2v) is 5.74. The van der Waals surface area contributed by atoms with Crippen molar-refractivity contribution in [1.29, 1.82) is 0 Å². The van der Waals surface area contributed by atoms with Gasteiger partial charge in [0.15, 0.2) is 0 Å². The molecule has 0 heterocycles. The SMILES string of the molecule is C=C[C@@H](c1ccc(Br)cc1)[C@H](N)c1ccc(Cl)cc1. The van der Waals surface area contributed by atoms with Crippen molar-refractivity contribution in [3.05, 3.63) is 81.8 Å². The van der Waals surface area contributed by atoms with E-state index < -0.39 is 0 Å². The van der Waals surface area contributed by atoms with E-state index in [9.17, 15) is 0 Å². The zero-order valence-electron chi connectivity index (χ0n) is 10.4. The Balaban J connectivity index is 2.28. The molecule has 0 fully saturated rings. The molecular weight excluding hydrogens is 322 g/mol. The van der Waals surface area contributed by atoms with E-state index in [1.165, 1.54) is 0 Å². The van der Waals surface area contributed by atoms with Crippen LogP contribution in [-0.4, -0.2) is 0 Å². The summed E-state index contributed by atoms with van der Waals surface area (Å²) in [6, 6.07) is 15.7. The molecule has 0 bridgehead atoms. The maximum Gasteiger partial charge on any atom is 0.0406 e. The molecule has 0 saturated carbocycles. The lowest BCUT2D eigenvalue weighted by Crippen LogP contribution is -2.18. The number of hydrogen-bond acceptors (Lipinski definition) is 1. The Morgan fingerprint density at radius 2 is 1.53 bits per heavy atom.